The van der Waals surface area contributed by atoms with Gasteiger partial charge in [0.2, 0.25) is 5.91 Å². The van der Waals surface area contributed by atoms with Gasteiger partial charge in [-0.05, 0) is 84.8 Å². The number of rotatable bonds is 7. The largest absolute Gasteiger partial charge is 0.358 e. The number of urea groups is 1. The molecule has 12 heteroatoms. The average molecular weight is 595 g/mol. The Morgan fingerprint density at radius 1 is 1.15 bits per heavy atom. The highest BCUT2D eigenvalue weighted by atomic mass is 31.1. The van der Waals surface area contributed by atoms with Crippen molar-refractivity contribution in [3.05, 3.63) is 0 Å². The Morgan fingerprint density at radius 3 is 2.10 bits per heavy atom. The van der Waals surface area contributed by atoms with Crippen molar-refractivity contribution in [2.24, 2.45) is 11.3 Å². The van der Waals surface area contributed by atoms with Crippen molar-refractivity contribution in [3.8, 4) is 0 Å². The molecule has 5 rings (SSSR count). The molecular formula is C29H51N6O5P. The minimum atomic E-state index is -0.875. The maximum atomic E-state index is 12.8. The van der Waals surface area contributed by atoms with Crippen LogP contribution in [-0.2, 0) is 19.2 Å². The Bertz CT molecular complexity index is 998. The summed E-state index contributed by atoms with van der Waals surface area (Å²) in [5.74, 6) is -0.368. The zero-order valence-corrected chi connectivity index (χ0v) is 27.1. The first kappa shape index (κ1) is 33.6. The first-order chi connectivity index (χ1) is 19.2. The van der Waals surface area contributed by atoms with Crippen LogP contribution in [0.1, 0.15) is 60.3 Å². The maximum Gasteiger partial charge on any atom is 0.327 e. The van der Waals surface area contributed by atoms with Crippen LogP contribution in [0.5, 0.6) is 0 Å². The molecule has 41 heavy (non-hydrogen) atoms. The van der Waals surface area contributed by atoms with Gasteiger partial charge in [-0.1, -0.05) is 7.92 Å². The molecule has 0 aromatic heterocycles. The average Bonchev–Trinajstić information content (AvgIpc) is 3.64. The normalized spacial score (nSPS) is 31.5. The molecule has 3 N–H and O–H groups in total. The van der Waals surface area contributed by atoms with Gasteiger partial charge in [0.25, 0.3) is 5.91 Å². The smallest absolute Gasteiger partial charge is 0.327 e. The number of nitrogens with one attached hydrogen (secondary N) is 3. The Balaban J connectivity index is 0.000000213. The van der Waals surface area contributed by atoms with Gasteiger partial charge in [0.15, 0.2) is 5.78 Å². The second-order valence-corrected chi connectivity index (χ2v) is 15.9. The number of hydrogen-bond donors (Lipinski definition) is 3. The molecule has 232 valence electrons. The zero-order chi connectivity index (χ0) is 30.9. The van der Waals surface area contributed by atoms with Gasteiger partial charge in [0, 0.05) is 51.2 Å². The summed E-state index contributed by atoms with van der Waals surface area (Å²) in [5.41, 5.74) is 0.954. The van der Waals surface area contributed by atoms with Crippen LogP contribution in [0.3, 0.4) is 0 Å². The molecule has 2 bridgehead atoms. The fourth-order valence-electron chi connectivity index (χ4n) is 7.55. The molecule has 4 unspecified atom stereocenters. The lowest BCUT2D eigenvalue weighted by Gasteiger charge is -2.51. The second kappa shape index (κ2) is 12.7. The maximum absolute atomic E-state index is 12.8. The van der Waals surface area contributed by atoms with E-state index in [1.54, 1.807) is 27.9 Å². The van der Waals surface area contributed by atoms with Gasteiger partial charge in [-0.15, -0.1) is 0 Å². The van der Waals surface area contributed by atoms with Crippen LogP contribution in [-0.4, -0.2) is 127 Å². The van der Waals surface area contributed by atoms with Crippen molar-refractivity contribution in [1.82, 2.24) is 30.7 Å². The molecule has 0 spiro atoms. The third-order valence-electron chi connectivity index (χ3n) is 10.6. The minimum Gasteiger partial charge on any atom is -0.358 e. The molecule has 5 aliphatic heterocycles. The van der Waals surface area contributed by atoms with Crippen molar-refractivity contribution in [3.63, 3.8) is 0 Å². The predicted molar refractivity (Wildman–Crippen MR) is 161 cm³/mol. The summed E-state index contributed by atoms with van der Waals surface area (Å²) in [5, 5.41) is 9.09. The molecule has 5 atom stereocenters. The van der Waals surface area contributed by atoms with Crippen LogP contribution in [0.4, 0.5) is 4.79 Å². The summed E-state index contributed by atoms with van der Waals surface area (Å²) in [7, 11) is 5.75. The number of ketones is 1. The van der Waals surface area contributed by atoms with Gasteiger partial charge in [-0.25, -0.2) is 4.79 Å². The number of hydrogen-bond acceptors (Lipinski definition) is 8. The van der Waals surface area contributed by atoms with Crippen molar-refractivity contribution in [2.75, 3.05) is 53.6 Å². The molecule has 0 saturated carbocycles. The monoisotopic (exact) mass is 594 g/mol. The number of carbonyl (C=O) groups excluding carboxylic acids is 5. The SMILES string of the molecule is C=O.CN1C(=O)N(CC(=O)C2CNCNC2)C(=O)C1(C)C.CNC(=O)C(C)(N(C)C(C)C)C12CC3CC[C@@H](C1)P3C2. The third-order valence-corrected chi connectivity index (χ3v) is 14.3. The lowest BCUT2D eigenvalue weighted by atomic mass is 9.65. The van der Waals surface area contributed by atoms with E-state index in [-0.39, 0.29) is 48.9 Å². The summed E-state index contributed by atoms with van der Waals surface area (Å²) in [6, 6.07) is -0.00293. The summed E-state index contributed by atoms with van der Waals surface area (Å²) in [4.78, 5) is 61.9. The van der Waals surface area contributed by atoms with Crippen LogP contribution >= 0.6 is 7.92 Å². The Morgan fingerprint density at radius 2 is 1.68 bits per heavy atom. The van der Waals surface area contributed by atoms with E-state index in [4.69, 9.17) is 4.79 Å². The van der Waals surface area contributed by atoms with Gasteiger partial charge < -0.3 is 25.6 Å². The van der Waals surface area contributed by atoms with Gasteiger partial charge >= 0.3 is 6.03 Å². The third kappa shape index (κ3) is 5.71. The molecule has 11 nitrogen and oxygen atoms in total. The molecular weight excluding hydrogens is 543 g/mol. The summed E-state index contributed by atoms with van der Waals surface area (Å²) in [6.07, 6.45) is 6.83. The first-order valence-electron chi connectivity index (χ1n) is 14.7. The molecule has 5 heterocycles. The highest BCUT2D eigenvalue weighted by molar-refractivity contribution is 7.60. The van der Waals surface area contributed by atoms with E-state index in [1.807, 2.05) is 6.79 Å². The van der Waals surface area contributed by atoms with E-state index in [0.717, 1.165) is 16.2 Å². The van der Waals surface area contributed by atoms with Crippen LogP contribution in [0, 0.1) is 11.3 Å². The molecule has 0 aromatic rings. The highest BCUT2D eigenvalue weighted by Gasteiger charge is 2.67. The van der Waals surface area contributed by atoms with Crippen molar-refractivity contribution >= 4 is 38.3 Å². The number of imide groups is 1. The van der Waals surface area contributed by atoms with E-state index < -0.39 is 11.6 Å². The lowest BCUT2D eigenvalue weighted by molar-refractivity contribution is -0.142. The number of carbonyl (C=O) groups is 5. The van der Waals surface area contributed by atoms with Crippen molar-refractivity contribution < 1.29 is 24.0 Å². The van der Waals surface area contributed by atoms with Gasteiger partial charge in [-0.2, -0.15) is 0 Å². The molecule has 0 aromatic carbocycles. The van der Waals surface area contributed by atoms with E-state index >= 15 is 0 Å². The molecule has 5 fully saturated rings. The van der Waals surface area contributed by atoms with Crippen molar-refractivity contribution in [1.29, 1.82) is 0 Å². The Kier molecular flexibility index (Phi) is 10.4. The lowest BCUT2D eigenvalue weighted by Crippen LogP contribution is -2.66. The highest BCUT2D eigenvalue weighted by Crippen LogP contribution is 2.77. The molecule has 0 radical (unpaired) electrons. The Hall–Kier alpha value is -1.94. The van der Waals surface area contributed by atoms with Crippen LogP contribution in [0.15, 0.2) is 0 Å². The van der Waals surface area contributed by atoms with Gasteiger partial charge in [0.1, 0.15) is 17.9 Å². The molecule has 4 amide bonds. The van der Waals surface area contributed by atoms with E-state index in [0.29, 0.717) is 25.8 Å². The molecule has 5 saturated heterocycles. The zero-order valence-electron chi connectivity index (χ0n) is 26.2. The predicted octanol–water partition coefficient (Wildman–Crippen LogP) is 1.45. The number of nitrogens with zero attached hydrogens (tertiary/aromatic N) is 3. The molecule has 0 aliphatic carbocycles. The number of Topliss-reactive ketones (excluding diaryl/α,β-unsaturated/α-hetero) is 1. The standard InChI is InChI=1S/C16H29N2OP.C12H20N4O3.CH2O/c1-11(2)18(5)15(3,14(19)17-4)16-8-12-6-7-13(9-16)20(12)10-16;1-12(2)10(18)16(11(19)15(12)3)6-9(17)8-4-13-7-14-5-8;1-2/h11-13H,6-10H2,1-5H3,(H,17,19);8,13-14H,4-7H2,1-3H3;1H2/t12-,13?,15?,16?,20?;;/m0../s1. The summed E-state index contributed by atoms with van der Waals surface area (Å²) in [6.45, 7) is 13.7. The van der Waals surface area contributed by atoms with Crippen molar-refractivity contribution in [2.45, 2.75) is 88.7 Å². The fraction of sp³-hybridized carbons (Fsp3) is 0.828. The van der Waals surface area contributed by atoms with Gasteiger partial charge in [0.05, 0.1) is 6.54 Å². The number of likely N-dealkylation sites (N-methyl/N-ethyl adjacent to an activating group) is 3. The van der Waals surface area contributed by atoms with Gasteiger partial charge in [-0.3, -0.25) is 24.2 Å². The quantitative estimate of drug-likeness (QED) is 0.298. The number of fused-ring (bicyclic) bond motifs is 1. The summed E-state index contributed by atoms with van der Waals surface area (Å²) < 4.78 is 0. The minimum absolute atomic E-state index is 0.0903. The van der Waals surface area contributed by atoms with Crippen LogP contribution in [0.2, 0.25) is 0 Å². The van der Waals surface area contributed by atoms with Crippen LogP contribution < -0.4 is 16.0 Å². The molecule has 5 aliphatic rings. The van der Waals surface area contributed by atoms with E-state index in [1.165, 1.54) is 36.7 Å². The van der Waals surface area contributed by atoms with Crippen LogP contribution in [0.25, 0.3) is 0 Å². The summed E-state index contributed by atoms with van der Waals surface area (Å²) >= 11 is 0. The number of amides is 4. The second-order valence-electron chi connectivity index (χ2n) is 13.1. The Labute approximate surface area is 246 Å². The van der Waals surface area contributed by atoms with E-state index in [9.17, 15) is 19.2 Å². The topological polar surface area (TPSA) is 131 Å². The fourth-order valence-corrected chi connectivity index (χ4v) is 12.1. The van der Waals surface area contributed by atoms with E-state index in [2.05, 4.69) is 48.7 Å². The first-order valence-corrected chi connectivity index (χ1v) is 16.4.